The molecule has 0 spiro atoms. The highest BCUT2D eigenvalue weighted by Crippen LogP contribution is 2.20. The first-order chi connectivity index (χ1) is 4.74. The molecule has 0 aliphatic rings. The van der Waals surface area contributed by atoms with Crippen molar-refractivity contribution in [3.05, 3.63) is 21.3 Å². The Morgan fingerprint density at radius 1 is 1.80 bits per heavy atom. The van der Waals surface area contributed by atoms with E-state index >= 15 is 0 Å². The Kier molecular flexibility index (Phi) is 2.29. The van der Waals surface area contributed by atoms with Gasteiger partial charge in [0, 0.05) is 10.9 Å². The molecule has 4 heteroatoms. The molecule has 0 aliphatic heterocycles. The van der Waals surface area contributed by atoms with Crippen LogP contribution < -0.4 is 0 Å². The maximum Gasteiger partial charge on any atom is 0.0935 e. The molecule has 1 rings (SSSR count). The molecule has 0 unspecified atom stereocenters. The Hall–Kier alpha value is -0.540. The summed E-state index contributed by atoms with van der Waals surface area (Å²) in [5, 5.41) is 13.2. The van der Waals surface area contributed by atoms with Gasteiger partial charge in [0.25, 0.3) is 0 Å². The van der Waals surface area contributed by atoms with Gasteiger partial charge in [0.2, 0.25) is 0 Å². The van der Waals surface area contributed by atoms with E-state index in [0.717, 1.165) is 5.56 Å². The molecule has 1 heterocycles. The third-order valence-electron chi connectivity index (χ3n) is 1.14. The van der Waals surface area contributed by atoms with Gasteiger partial charge < -0.3 is 5.21 Å². The van der Waals surface area contributed by atoms with Crippen LogP contribution in [0, 0.1) is 0 Å². The lowest BCUT2D eigenvalue weighted by atomic mass is 10.2. The molecule has 1 aromatic heterocycles. The van der Waals surface area contributed by atoms with Gasteiger partial charge in [0.05, 0.1) is 10.0 Å². The van der Waals surface area contributed by atoms with E-state index in [9.17, 15) is 0 Å². The minimum absolute atomic E-state index is 0.586. The molecule has 10 heavy (non-hydrogen) atoms. The van der Waals surface area contributed by atoms with E-state index in [1.54, 1.807) is 13.0 Å². The van der Waals surface area contributed by atoms with Crippen molar-refractivity contribution in [2.24, 2.45) is 5.16 Å². The minimum Gasteiger partial charge on any atom is -0.411 e. The first-order valence-electron chi connectivity index (χ1n) is 2.67. The summed E-state index contributed by atoms with van der Waals surface area (Å²) < 4.78 is 0.706. The second-order valence-corrected chi connectivity index (χ2v) is 3.37. The monoisotopic (exact) mass is 175 g/mol. The highest BCUT2D eigenvalue weighted by Gasteiger charge is 1.99. The molecule has 0 aromatic carbocycles. The molecule has 0 bridgehead atoms. The number of halogens is 1. The maximum atomic E-state index is 8.35. The van der Waals surface area contributed by atoms with Crippen LogP contribution in [-0.4, -0.2) is 10.9 Å². The number of nitrogens with zero attached hydrogens (tertiary/aromatic N) is 1. The van der Waals surface area contributed by atoms with Crippen LogP contribution in [0.1, 0.15) is 12.5 Å². The molecular formula is C6H6ClNOS. The molecule has 0 saturated heterocycles. The molecule has 0 atom stereocenters. The zero-order valence-corrected chi connectivity index (χ0v) is 6.91. The Bertz CT molecular complexity index is 256. The van der Waals surface area contributed by atoms with Crippen LogP contribution >= 0.6 is 22.9 Å². The van der Waals surface area contributed by atoms with E-state index in [4.69, 9.17) is 16.8 Å². The number of rotatable bonds is 1. The van der Waals surface area contributed by atoms with Gasteiger partial charge in [-0.05, 0) is 13.0 Å². The highest BCUT2D eigenvalue weighted by atomic mass is 35.5. The molecule has 0 aliphatic carbocycles. The molecule has 54 valence electrons. The molecule has 0 saturated carbocycles. The highest BCUT2D eigenvalue weighted by molar-refractivity contribution is 7.14. The lowest BCUT2D eigenvalue weighted by Crippen LogP contribution is -1.89. The Balaban J connectivity index is 2.95. The van der Waals surface area contributed by atoms with E-state index in [-0.39, 0.29) is 0 Å². The predicted octanol–water partition coefficient (Wildman–Crippen LogP) is 2.60. The van der Waals surface area contributed by atoms with Crippen molar-refractivity contribution in [2.75, 3.05) is 0 Å². The minimum atomic E-state index is 0.586. The van der Waals surface area contributed by atoms with Gasteiger partial charge in [0.1, 0.15) is 0 Å². The zero-order chi connectivity index (χ0) is 7.56. The second kappa shape index (κ2) is 3.03. The van der Waals surface area contributed by atoms with Gasteiger partial charge in [-0.1, -0.05) is 16.8 Å². The summed E-state index contributed by atoms with van der Waals surface area (Å²) in [5.41, 5.74) is 1.46. The van der Waals surface area contributed by atoms with Gasteiger partial charge in [-0.15, -0.1) is 11.3 Å². The molecule has 0 fully saturated rings. The number of thiophene rings is 1. The lowest BCUT2D eigenvalue weighted by molar-refractivity contribution is 0.319. The zero-order valence-electron chi connectivity index (χ0n) is 5.34. The average Bonchev–Trinajstić information content (AvgIpc) is 2.34. The van der Waals surface area contributed by atoms with E-state index in [0.29, 0.717) is 10.0 Å². The van der Waals surface area contributed by atoms with Gasteiger partial charge in [0.15, 0.2) is 0 Å². The van der Waals surface area contributed by atoms with Crippen molar-refractivity contribution in [1.82, 2.24) is 0 Å². The van der Waals surface area contributed by atoms with Crippen LogP contribution in [0.25, 0.3) is 0 Å². The smallest absolute Gasteiger partial charge is 0.0935 e. The Morgan fingerprint density at radius 2 is 2.50 bits per heavy atom. The summed E-state index contributed by atoms with van der Waals surface area (Å²) in [6.45, 7) is 1.72. The van der Waals surface area contributed by atoms with Crippen molar-refractivity contribution in [1.29, 1.82) is 0 Å². The van der Waals surface area contributed by atoms with Crippen molar-refractivity contribution in [3.8, 4) is 0 Å². The normalized spacial score (nSPS) is 12.0. The van der Waals surface area contributed by atoms with E-state index in [1.807, 2.05) is 5.38 Å². The van der Waals surface area contributed by atoms with Crippen molar-refractivity contribution < 1.29 is 5.21 Å². The Labute approximate surface area is 67.7 Å². The van der Waals surface area contributed by atoms with Crippen LogP contribution in [0.5, 0.6) is 0 Å². The number of hydrogen-bond acceptors (Lipinski definition) is 3. The summed E-state index contributed by atoms with van der Waals surface area (Å²) in [6, 6.07) is 1.77. The van der Waals surface area contributed by atoms with Crippen LogP contribution in [0.2, 0.25) is 4.34 Å². The molecule has 0 radical (unpaired) electrons. The van der Waals surface area contributed by atoms with Crippen LogP contribution in [-0.2, 0) is 0 Å². The summed E-state index contributed by atoms with van der Waals surface area (Å²) in [4.78, 5) is 0. The lowest BCUT2D eigenvalue weighted by Gasteiger charge is -1.87. The van der Waals surface area contributed by atoms with E-state index in [1.165, 1.54) is 11.3 Å². The fraction of sp³-hybridized carbons (Fsp3) is 0.167. The topological polar surface area (TPSA) is 32.6 Å². The second-order valence-electron chi connectivity index (χ2n) is 1.82. The van der Waals surface area contributed by atoms with E-state index < -0.39 is 0 Å². The van der Waals surface area contributed by atoms with Crippen molar-refractivity contribution in [3.63, 3.8) is 0 Å². The largest absolute Gasteiger partial charge is 0.411 e. The third kappa shape index (κ3) is 1.49. The molecule has 2 nitrogen and oxygen atoms in total. The maximum absolute atomic E-state index is 8.35. The van der Waals surface area contributed by atoms with Gasteiger partial charge in [-0.25, -0.2) is 0 Å². The van der Waals surface area contributed by atoms with Crippen molar-refractivity contribution in [2.45, 2.75) is 6.92 Å². The standard InChI is InChI=1S/C6H6ClNOS/c1-4(8-9)5-2-6(7)10-3-5/h2-3,9H,1H3/b8-4+. The summed E-state index contributed by atoms with van der Waals surface area (Å²) in [7, 11) is 0. The number of oxime groups is 1. The third-order valence-corrected chi connectivity index (χ3v) is 2.23. The molecule has 0 amide bonds. The average molecular weight is 176 g/mol. The Morgan fingerprint density at radius 3 is 2.90 bits per heavy atom. The quantitative estimate of drug-likeness (QED) is 0.397. The first-order valence-corrected chi connectivity index (χ1v) is 3.93. The van der Waals surface area contributed by atoms with Crippen LogP contribution in [0.4, 0.5) is 0 Å². The van der Waals surface area contributed by atoms with Crippen LogP contribution in [0.3, 0.4) is 0 Å². The van der Waals surface area contributed by atoms with Gasteiger partial charge in [-0.2, -0.15) is 0 Å². The SMILES string of the molecule is C/C(=N\O)c1csc(Cl)c1. The predicted molar refractivity (Wildman–Crippen MR) is 43.3 cm³/mol. The van der Waals surface area contributed by atoms with Gasteiger partial charge >= 0.3 is 0 Å². The van der Waals surface area contributed by atoms with Crippen LogP contribution in [0.15, 0.2) is 16.6 Å². The molecule has 1 aromatic rings. The van der Waals surface area contributed by atoms with Crippen molar-refractivity contribution >= 4 is 28.6 Å². The van der Waals surface area contributed by atoms with Gasteiger partial charge in [-0.3, -0.25) is 0 Å². The summed E-state index contributed by atoms with van der Waals surface area (Å²) >= 11 is 7.06. The summed E-state index contributed by atoms with van der Waals surface area (Å²) in [5.74, 6) is 0. The first kappa shape index (κ1) is 7.57. The fourth-order valence-electron chi connectivity index (χ4n) is 0.558. The number of hydrogen-bond donors (Lipinski definition) is 1. The molecule has 1 N–H and O–H groups in total. The van der Waals surface area contributed by atoms with E-state index in [2.05, 4.69) is 5.16 Å². The summed E-state index contributed by atoms with van der Waals surface area (Å²) in [6.07, 6.45) is 0. The molecular weight excluding hydrogens is 170 g/mol. The fourth-order valence-corrected chi connectivity index (χ4v) is 1.48.